The number of likely N-dealkylation sites (N-methyl/N-ethyl adjacent to an activating group) is 1. The van der Waals surface area contributed by atoms with Gasteiger partial charge in [-0.2, -0.15) is 0 Å². The van der Waals surface area contributed by atoms with Crippen LogP contribution < -0.4 is 4.74 Å². The van der Waals surface area contributed by atoms with E-state index < -0.39 is 12.1 Å². The third kappa shape index (κ3) is 5.12. The Balaban J connectivity index is 1.56. The van der Waals surface area contributed by atoms with Crippen LogP contribution in [0.3, 0.4) is 0 Å². The Labute approximate surface area is 174 Å². The fraction of sp³-hybridized carbons (Fsp3) is 0.318. The standard InChI is InChI=1S/C22H24N2O4S/c1-4-18(28-16-10-6-5-7-11-16)22(26)27-14-20(25)24(3)15(2)21-23-17-12-8-9-13-19(17)29-21/h5-13,15,18H,4,14H2,1-3H3/t15-,18+/m0/s1. The lowest BCUT2D eigenvalue weighted by atomic mass is 10.2. The fourth-order valence-corrected chi connectivity index (χ4v) is 3.80. The normalized spacial score (nSPS) is 12.9. The van der Waals surface area contributed by atoms with Crippen molar-refractivity contribution in [1.29, 1.82) is 0 Å². The molecule has 0 aliphatic rings. The highest BCUT2D eigenvalue weighted by atomic mass is 32.1. The molecule has 0 saturated heterocycles. The van der Waals surface area contributed by atoms with Crippen molar-refractivity contribution in [3.05, 3.63) is 59.6 Å². The maximum absolute atomic E-state index is 12.5. The highest BCUT2D eigenvalue weighted by Gasteiger charge is 2.25. The smallest absolute Gasteiger partial charge is 0.347 e. The molecular weight excluding hydrogens is 388 g/mol. The summed E-state index contributed by atoms with van der Waals surface area (Å²) in [6, 6.07) is 16.7. The first-order valence-electron chi connectivity index (χ1n) is 9.49. The van der Waals surface area contributed by atoms with Crippen LogP contribution >= 0.6 is 11.3 Å². The van der Waals surface area contributed by atoms with Gasteiger partial charge in [-0.3, -0.25) is 4.79 Å². The van der Waals surface area contributed by atoms with Gasteiger partial charge in [0, 0.05) is 7.05 Å². The van der Waals surface area contributed by atoms with Crippen LogP contribution in [0, 0.1) is 0 Å². The Bertz CT molecular complexity index is 940. The molecule has 1 aromatic heterocycles. The number of rotatable bonds is 8. The SMILES string of the molecule is CC[C@@H](Oc1ccccc1)C(=O)OCC(=O)N(C)[C@@H](C)c1nc2ccccc2s1. The number of carbonyl (C=O) groups is 2. The van der Waals surface area contributed by atoms with E-state index in [0.717, 1.165) is 15.2 Å². The third-order valence-electron chi connectivity index (χ3n) is 4.64. The van der Waals surface area contributed by atoms with Crippen LogP contribution in [0.25, 0.3) is 10.2 Å². The van der Waals surface area contributed by atoms with Gasteiger partial charge >= 0.3 is 5.97 Å². The van der Waals surface area contributed by atoms with Crippen LogP contribution in [0.4, 0.5) is 0 Å². The van der Waals surface area contributed by atoms with Gasteiger partial charge in [0.1, 0.15) is 10.8 Å². The summed E-state index contributed by atoms with van der Waals surface area (Å²) in [4.78, 5) is 31.0. The number of benzene rings is 2. The second-order valence-electron chi connectivity index (χ2n) is 6.64. The minimum Gasteiger partial charge on any atom is -0.479 e. The molecule has 1 heterocycles. The number of esters is 1. The van der Waals surface area contributed by atoms with Crippen LogP contribution in [-0.4, -0.2) is 41.5 Å². The summed E-state index contributed by atoms with van der Waals surface area (Å²) in [6.45, 7) is 3.40. The first-order valence-corrected chi connectivity index (χ1v) is 10.3. The molecule has 7 heteroatoms. The molecule has 152 valence electrons. The van der Waals surface area contributed by atoms with E-state index in [2.05, 4.69) is 4.98 Å². The van der Waals surface area contributed by atoms with Crippen molar-refractivity contribution >= 4 is 33.4 Å². The van der Waals surface area contributed by atoms with Gasteiger partial charge in [-0.05, 0) is 37.6 Å². The number of aromatic nitrogens is 1. The van der Waals surface area contributed by atoms with Crippen LogP contribution in [-0.2, 0) is 14.3 Å². The summed E-state index contributed by atoms with van der Waals surface area (Å²) in [5.41, 5.74) is 0.912. The van der Waals surface area contributed by atoms with Crippen molar-refractivity contribution in [2.75, 3.05) is 13.7 Å². The number of amides is 1. The quantitative estimate of drug-likeness (QED) is 0.518. The maximum atomic E-state index is 12.5. The Morgan fingerprint density at radius 1 is 1.10 bits per heavy atom. The molecular formula is C22H24N2O4S. The van der Waals surface area contributed by atoms with Crippen molar-refractivity contribution in [2.24, 2.45) is 0 Å². The van der Waals surface area contributed by atoms with Crippen molar-refractivity contribution in [3.8, 4) is 5.75 Å². The summed E-state index contributed by atoms with van der Waals surface area (Å²) in [5, 5.41) is 0.840. The Morgan fingerprint density at radius 2 is 1.79 bits per heavy atom. The maximum Gasteiger partial charge on any atom is 0.347 e. The van der Waals surface area contributed by atoms with Crippen LogP contribution in [0.5, 0.6) is 5.75 Å². The molecule has 2 atom stereocenters. The molecule has 3 aromatic rings. The number of thiazole rings is 1. The first-order chi connectivity index (χ1) is 14.0. The average molecular weight is 413 g/mol. The topological polar surface area (TPSA) is 68.7 Å². The summed E-state index contributed by atoms with van der Waals surface area (Å²) in [7, 11) is 1.69. The molecule has 0 bridgehead atoms. The zero-order valence-corrected chi connectivity index (χ0v) is 17.5. The molecule has 2 aromatic carbocycles. The largest absolute Gasteiger partial charge is 0.479 e. The Kier molecular flexibility index (Phi) is 6.82. The van der Waals surface area contributed by atoms with Gasteiger partial charge in [-0.1, -0.05) is 37.3 Å². The first kappa shape index (κ1) is 20.8. The zero-order valence-electron chi connectivity index (χ0n) is 16.7. The number of hydrogen-bond acceptors (Lipinski definition) is 6. The lowest BCUT2D eigenvalue weighted by Gasteiger charge is -2.23. The summed E-state index contributed by atoms with van der Waals surface area (Å²) in [5.74, 6) is -0.255. The average Bonchev–Trinajstić information content (AvgIpc) is 3.19. The summed E-state index contributed by atoms with van der Waals surface area (Å²) >= 11 is 1.55. The second kappa shape index (κ2) is 9.52. The summed E-state index contributed by atoms with van der Waals surface area (Å²) < 4.78 is 12.0. The van der Waals surface area contributed by atoms with Crippen molar-refractivity contribution in [1.82, 2.24) is 9.88 Å². The number of hydrogen-bond donors (Lipinski definition) is 0. The minimum absolute atomic E-state index is 0.221. The van der Waals surface area contributed by atoms with Crippen LogP contribution in [0.15, 0.2) is 54.6 Å². The number of nitrogens with zero attached hydrogens (tertiary/aromatic N) is 2. The van der Waals surface area contributed by atoms with Crippen molar-refractivity contribution in [2.45, 2.75) is 32.4 Å². The van der Waals surface area contributed by atoms with Gasteiger partial charge in [-0.15, -0.1) is 11.3 Å². The molecule has 0 radical (unpaired) electrons. The van der Waals surface area contributed by atoms with E-state index in [4.69, 9.17) is 9.47 Å². The lowest BCUT2D eigenvalue weighted by molar-refractivity contribution is -0.158. The highest BCUT2D eigenvalue weighted by Crippen LogP contribution is 2.28. The van der Waals surface area contributed by atoms with Gasteiger partial charge < -0.3 is 14.4 Å². The lowest BCUT2D eigenvalue weighted by Crippen LogP contribution is -2.36. The van der Waals surface area contributed by atoms with E-state index in [0.29, 0.717) is 12.2 Å². The number of carbonyl (C=O) groups excluding carboxylic acids is 2. The van der Waals surface area contributed by atoms with Gasteiger partial charge in [0.2, 0.25) is 0 Å². The predicted molar refractivity (Wildman–Crippen MR) is 113 cm³/mol. The molecule has 1 amide bonds. The fourth-order valence-electron chi connectivity index (χ4n) is 2.74. The molecule has 6 nitrogen and oxygen atoms in total. The molecule has 0 spiro atoms. The molecule has 3 rings (SSSR count). The number of para-hydroxylation sites is 2. The molecule has 29 heavy (non-hydrogen) atoms. The van der Waals surface area contributed by atoms with Crippen molar-refractivity contribution < 1.29 is 19.1 Å². The molecule has 0 fully saturated rings. The molecule has 0 unspecified atom stereocenters. The van der Waals surface area contributed by atoms with E-state index in [1.807, 2.05) is 56.3 Å². The predicted octanol–water partition coefficient (Wildman–Crippen LogP) is 4.22. The van der Waals surface area contributed by atoms with Crippen LogP contribution in [0.1, 0.15) is 31.3 Å². The molecule has 0 aliphatic carbocycles. The second-order valence-corrected chi connectivity index (χ2v) is 7.70. The van der Waals surface area contributed by atoms with E-state index in [9.17, 15) is 9.59 Å². The molecule has 0 saturated carbocycles. The zero-order chi connectivity index (χ0) is 20.8. The number of fused-ring (bicyclic) bond motifs is 1. The molecule has 0 aliphatic heterocycles. The Morgan fingerprint density at radius 3 is 2.48 bits per heavy atom. The third-order valence-corrected chi connectivity index (χ3v) is 5.84. The van der Waals surface area contributed by atoms with Gasteiger partial charge in [0.15, 0.2) is 12.7 Å². The van der Waals surface area contributed by atoms with E-state index in [-0.39, 0.29) is 18.6 Å². The number of ether oxygens (including phenoxy) is 2. The van der Waals surface area contributed by atoms with Crippen LogP contribution in [0.2, 0.25) is 0 Å². The monoisotopic (exact) mass is 412 g/mol. The van der Waals surface area contributed by atoms with E-state index in [1.54, 1.807) is 35.4 Å². The molecule has 0 N–H and O–H groups in total. The van der Waals surface area contributed by atoms with Gasteiger partial charge in [-0.25, -0.2) is 9.78 Å². The summed E-state index contributed by atoms with van der Waals surface area (Å²) in [6.07, 6.45) is -0.308. The van der Waals surface area contributed by atoms with E-state index >= 15 is 0 Å². The highest BCUT2D eigenvalue weighted by molar-refractivity contribution is 7.18. The Hall–Kier alpha value is -2.93. The van der Waals surface area contributed by atoms with E-state index in [1.165, 1.54) is 0 Å². The van der Waals surface area contributed by atoms with Gasteiger partial charge in [0.05, 0.1) is 16.3 Å². The van der Waals surface area contributed by atoms with Crippen molar-refractivity contribution in [3.63, 3.8) is 0 Å². The van der Waals surface area contributed by atoms with Gasteiger partial charge in [0.25, 0.3) is 5.91 Å². The minimum atomic E-state index is -0.753.